The van der Waals surface area contributed by atoms with Crippen molar-refractivity contribution in [1.29, 1.82) is 5.26 Å². The molecule has 0 bridgehead atoms. The van der Waals surface area contributed by atoms with Crippen LogP contribution in [0.15, 0.2) is 18.3 Å². The zero-order valence-electron chi connectivity index (χ0n) is 6.24. The Kier molecular flexibility index (Phi) is 4.24. The second kappa shape index (κ2) is 4.70. The number of rotatable bonds is 1. The van der Waals surface area contributed by atoms with Crippen LogP contribution in [0.5, 0.6) is 0 Å². The number of pyridine rings is 1. The van der Waals surface area contributed by atoms with Crippen LogP contribution in [0.4, 0.5) is 0 Å². The lowest BCUT2D eigenvalue weighted by Crippen LogP contribution is -1.86. The molecule has 2 nitrogen and oxygen atoms in total. The Balaban J connectivity index is 0.000001000. The Labute approximate surface area is 72.3 Å². The van der Waals surface area contributed by atoms with Gasteiger partial charge in [0.2, 0.25) is 0 Å². The molecule has 0 radical (unpaired) electrons. The fraction of sp³-hybridized carbons (Fsp3) is 0.250. The number of hydrogen-bond acceptors (Lipinski definition) is 2. The molecular weight excluding hydrogens is 160 g/mol. The van der Waals surface area contributed by atoms with Gasteiger partial charge in [0.1, 0.15) is 0 Å². The molecular formula is C8H9ClN2. The Morgan fingerprint density at radius 1 is 1.55 bits per heavy atom. The third-order valence-electron chi connectivity index (χ3n) is 1.23. The summed E-state index contributed by atoms with van der Waals surface area (Å²) in [5.41, 5.74) is 1.97. The molecule has 0 aromatic carbocycles. The van der Waals surface area contributed by atoms with Gasteiger partial charge in [0.15, 0.2) is 0 Å². The minimum atomic E-state index is 0. The molecule has 0 unspecified atom stereocenters. The van der Waals surface area contributed by atoms with E-state index in [0.29, 0.717) is 6.42 Å². The molecule has 0 atom stereocenters. The van der Waals surface area contributed by atoms with E-state index in [0.717, 1.165) is 11.3 Å². The normalized spacial score (nSPS) is 8.00. The molecule has 0 aliphatic carbocycles. The molecule has 0 saturated carbocycles. The largest absolute Gasteiger partial charge is 0.260 e. The summed E-state index contributed by atoms with van der Waals surface area (Å²) in [5, 5.41) is 8.30. The Hall–Kier alpha value is -1.07. The second-order valence-electron chi connectivity index (χ2n) is 2.16. The van der Waals surface area contributed by atoms with Crippen LogP contribution in [-0.2, 0) is 6.42 Å². The van der Waals surface area contributed by atoms with E-state index in [9.17, 15) is 0 Å². The van der Waals surface area contributed by atoms with Crippen molar-refractivity contribution in [2.45, 2.75) is 13.3 Å². The maximum Gasteiger partial charge on any atom is 0.0774 e. The first-order chi connectivity index (χ1) is 4.83. The van der Waals surface area contributed by atoms with Crippen molar-refractivity contribution < 1.29 is 0 Å². The Morgan fingerprint density at radius 2 is 2.27 bits per heavy atom. The predicted molar refractivity (Wildman–Crippen MR) is 45.5 cm³/mol. The van der Waals surface area contributed by atoms with Crippen molar-refractivity contribution in [3.63, 3.8) is 0 Å². The molecule has 1 heterocycles. The second-order valence-corrected chi connectivity index (χ2v) is 2.16. The summed E-state index contributed by atoms with van der Waals surface area (Å²) in [4.78, 5) is 4.05. The maximum absolute atomic E-state index is 8.30. The summed E-state index contributed by atoms with van der Waals surface area (Å²) >= 11 is 0. The molecule has 0 aliphatic heterocycles. The van der Waals surface area contributed by atoms with Gasteiger partial charge in [-0.2, -0.15) is 5.26 Å². The lowest BCUT2D eigenvalue weighted by Gasteiger charge is -1.92. The van der Waals surface area contributed by atoms with Crippen LogP contribution in [0, 0.1) is 18.3 Å². The summed E-state index contributed by atoms with van der Waals surface area (Å²) in [6, 6.07) is 5.87. The highest BCUT2D eigenvalue weighted by Gasteiger charge is 1.89. The quantitative estimate of drug-likeness (QED) is 0.642. The highest BCUT2D eigenvalue weighted by atomic mass is 35.5. The van der Waals surface area contributed by atoms with Gasteiger partial charge in [-0.3, -0.25) is 4.98 Å². The molecule has 1 rings (SSSR count). The first-order valence-corrected chi connectivity index (χ1v) is 3.11. The third-order valence-corrected chi connectivity index (χ3v) is 1.23. The summed E-state index contributed by atoms with van der Waals surface area (Å²) in [6.07, 6.45) is 2.17. The minimum Gasteiger partial charge on any atom is -0.260 e. The Morgan fingerprint density at radius 3 is 2.73 bits per heavy atom. The van der Waals surface area contributed by atoms with E-state index < -0.39 is 0 Å². The average molecular weight is 169 g/mol. The van der Waals surface area contributed by atoms with Crippen molar-refractivity contribution in [3.05, 3.63) is 29.6 Å². The maximum atomic E-state index is 8.30. The topological polar surface area (TPSA) is 36.7 Å². The van der Waals surface area contributed by atoms with Crippen LogP contribution >= 0.6 is 12.4 Å². The van der Waals surface area contributed by atoms with E-state index in [1.807, 2.05) is 25.1 Å². The van der Waals surface area contributed by atoms with Crippen LogP contribution in [0.3, 0.4) is 0 Å². The van der Waals surface area contributed by atoms with E-state index in [1.54, 1.807) is 6.20 Å². The highest BCUT2D eigenvalue weighted by Crippen LogP contribution is 1.97. The number of aromatic nitrogens is 1. The van der Waals surface area contributed by atoms with Crippen molar-refractivity contribution in [2.75, 3.05) is 0 Å². The summed E-state index contributed by atoms with van der Waals surface area (Å²) in [6.45, 7) is 1.98. The summed E-state index contributed by atoms with van der Waals surface area (Å²) < 4.78 is 0. The molecule has 0 saturated heterocycles. The van der Waals surface area contributed by atoms with Crippen LogP contribution in [0.1, 0.15) is 11.3 Å². The van der Waals surface area contributed by atoms with Crippen molar-refractivity contribution in [2.24, 2.45) is 0 Å². The van der Waals surface area contributed by atoms with E-state index in [2.05, 4.69) is 4.98 Å². The monoisotopic (exact) mass is 168 g/mol. The van der Waals surface area contributed by atoms with Gasteiger partial charge in [0.25, 0.3) is 0 Å². The summed E-state index contributed by atoms with van der Waals surface area (Å²) in [7, 11) is 0. The first kappa shape index (κ1) is 9.93. The molecule has 11 heavy (non-hydrogen) atoms. The first-order valence-electron chi connectivity index (χ1n) is 3.11. The van der Waals surface area contributed by atoms with E-state index in [-0.39, 0.29) is 12.4 Å². The predicted octanol–water partition coefficient (Wildman–Crippen LogP) is 1.88. The zero-order valence-corrected chi connectivity index (χ0v) is 7.06. The van der Waals surface area contributed by atoms with Crippen molar-refractivity contribution in [3.8, 4) is 6.07 Å². The van der Waals surface area contributed by atoms with Gasteiger partial charge in [0.05, 0.1) is 18.2 Å². The fourth-order valence-electron chi connectivity index (χ4n) is 0.684. The number of halogens is 1. The number of aryl methyl sites for hydroxylation is 1. The highest BCUT2D eigenvalue weighted by molar-refractivity contribution is 5.85. The minimum absolute atomic E-state index is 0. The van der Waals surface area contributed by atoms with Crippen LogP contribution in [-0.4, -0.2) is 4.98 Å². The van der Waals surface area contributed by atoms with E-state index >= 15 is 0 Å². The smallest absolute Gasteiger partial charge is 0.0774 e. The molecule has 0 fully saturated rings. The van der Waals surface area contributed by atoms with Crippen LogP contribution in [0.2, 0.25) is 0 Å². The standard InChI is InChI=1S/C8H8N2.ClH/c1-7-2-3-8(4-5-9)10-6-7;/h2-3,6H,4H2,1H3;1H. The summed E-state index contributed by atoms with van der Waals surface area (Å²) in [5.74, 6) is 0. The van der Waals surface area contributed by atoms with E-state index in [4.69, 9.17) is 5.26 Å². The number of hydrogen-bond donors (Lipinski definition) is 0. The average Bonchev–Trinajstić information content (AvgIpc) is 1.95. The molecule has 0 N–H and O–H groups in total. The lowest BCUT2D eigenvalue weighted by atomic mass is 10.2. The van der Waals surface area contributed by atoms with Gasteiger partial charge in [0, 0.05) is 6.20 Å². The number of nitrogens with zero attached hydrogens (tertiary/aromatic N) is 2. The van der Waals surface area contributed by atoms with E-state index in [1.165, 1.54) is 0 Å². The third kappa shape index (κ3) is 3.01. The lowest BCUT2D eigenvalue weighted by molar-refractivity contribution is 1.10. The van der Waals surface area contributed by atoms with Crippen molar-refractivity contribution >= 4 is 12.4 Å². The number of nitriles is 1. The fourth-order valence-corrected chi connectivity index (χ4v) is 0.684. The molecule has 0 amide bonds. The van der Waals surface area contributed by atoms with Crippen LogP contribution in [0.25, 0.3) is 0 Å². The molecule has 1 aromatic rings. The SMILES string of the molecule is Cc1ccc(CC#N)nc1.Cl. The zero-order chi connectivity index (χ0) is 7.40. The van der Waals surface area contributed by atoms with Gasteiger partial charge < -0.3 is 0 Å². The van der Waals surface area contributed by atoms with Crippen molar-refractivity contribution in [1.82, 2.24) is 4.98 Å². The Bertz CT molecular complexity index is 248. The van der Waals surface area contributed by atoms with Gasteiger partial charge in [-0.05, 0) is 18.6 Å². The van der Waals surface area contributed by atoms with Crippen LogP contribution < -0.4 is 0 Å². The van der Waals surface area contributed by atoms with Gasteiger partial charge >= 0.3 is 0 Å². The molecule has 58 valence electrons. The van der Waals surface area contributed by atoms with Gasteiger partial charge in [-0.15, -0.1) is 12.4 Å². The molecule has 0 aliphatic rings. The molecule has 0 spiro atoms. The molecule has 1 aromatic heterocycles. The van der Waals surface area contributed by atoms with Gasteiger partial charge in [-0.1, -0.05) is 6.07 Å². The molecule has 3 heteroatoms. The van der Waals surface area contributed by atoms with Gasteiger partial charge in [-0.25, -0.2) is 0 Å².